The highest BCUT2D eigenvalue weighted by atomic mass is 16.5. The number of nitrogens with one attached hydrogen (secondary N) is 2. The SMILES string of the molecule is C=CCC(C)(C)Oc1cccc(-n2nc(NC(=O)[C@@H]3CNC(=O)C3)cc2-c2cccc(CCC)c2)c1. The molecule has 36 heavy (non-hydrogen) atoms. The van der Waals surface area contributed by atoms with E-state index in [1.165, 1.54) is 5.56 Å². The highest BCUT2D eigenvalue weighted by Gasteiger charge is 2.28. The molecule has 7 nitrogen and oxygen atoms in total. The summed E-state index contributed by atoms with van der Waals surface area (Å²) in [6.07, 6.45) is 4.79. The summed E-state index contributed by atoms with van der Waals surface area (Å²) in [5.41, 5.74) is 3.52. The standard InChI is InChI=1S/C29H34N4O3/c1-5-9-20-10-7-11-21(15-20)25-18-26(31-28(35)22-16-27(34)30-19-22)32-33(25)23-12-8-13-24(17-23)36-29(3,4)14-6-2/h6-8,10-13,15,17-18,22H,2,5,9,14,16,19H2,1,3-4H3,(H,30,34)(H,31,32,35)/t22-/m0/s1. The average Bonchev–Trinajstić information content (AvgIpc) is 3.46. The molecule has 1 aliphatic rings. The molecular weight excluding hydrogens is 452 g/mol. The average molecular weight is 487 g/mol. The van der Waals surface area contributed by atoms with Gasteiger partial charge in [-0.1, -0.05) is 43.7 Å². The second-order valence-corrected chi connectivity index (χ2v) is 9.82. The number of hydrogen-bond donors (Lipinski definition) is 2. The maximum atomic E-state index is 12.8. The number of aromatic nitrogens is 2. The first-order valence-electron chi connectivity index (χ1n) is 12.5. The lowest BCUT2D eigenvalue weighted by atomic mass is 10.0. The van der Waals surface area contributed by atoms with E-state index < -0.39 is 11.5 Å². The lowest BCUT2D eigenvalue weighted by Crippen LogP contribution is -2.27. The van der Waals surface area contributed by atoms with Gasteiger partial charge in [-0.15, -0.1) is 11.7 Å². The van der Waals surface area contributed by atoms with Crippen LogP contribution >= 0.6 is 0 Å². The van der Waals surface area contributed by atoms with Crippen molar-refractivity contribution in [2.75, 3.05) is 11.9 Å². The molecule has 1 saturated heterocycles. The third-order valence-electron chi connectivity index (χ3n) is 6.16. The molecule has 0 bridgehead atoms. The molecule has 0 unspecified atom stereocenters. The van der Waals surface area contributed by atoms with Gasteiger partial charge in [-0.2, -0.15) is 0 Å². The van der Waals surface area contributed by atoms with Gasteiger partial charge in [0.1, 0.15) is 11.4 Å². The summed E-state index contributed by atoms with van der Waals surface area (Å²) in [5.74, 6) is 0.441. The molecule has 3 aromatic rings. The molecule has 1 aromatic heterocycles. The molecule has 4 rings (SSSR count). The molecule has 2 heterocycles. The maximum absolute atomic E-state index is 12.8. The Labute approximate surface area is 212 Å². The number of benzene rings is 2. The third kappa shape index (κ3) is 6.03. The molecule has 0 aliphatic carbocycles. The number of ether oxygens (including phenoxy) is 1. The molecule has 0 spiro atoms. The van der Waals surface area contributed by atoms with Gasteiger partial charge >= 0.3 is 0 Å². The minimum atomic E-state index is -0.400. The highest BCUT2D eigenvalue weighted by Crippen LogP contribution is 2.30. The van der Waals surface area contributed by atoms with Crippen LogP contribution in [0, 0.1) is 5.92 Å². The van der Waals surface area contributed by atoms with Crippen LogP contribution in [0.5, 0.6) is 5.75 Å². The Balaban J connectivity index is 1.71. The van der Waals surface area contributed by atoms with Crippen molar-refractivity contribution in [1.82, 2.24) is 15.1 Å². The van der Waals surface area contributed by atoms with Crippen LogP contribution in [0.1, 0.15) is 45.6 Å². The predicted octanol–water partition coefficient (Wildman–Crippen LogP) is 5.30. The smallest absolute Gasteiger partial charge is 0.230 e. The Hall–Kier alpha value is -3.87. The van der Waals surface area contributed by atoms with E-state index in [4.69, 9.17) is 9.84 Å². The van der Waals surface area contributed by atoms with Gasteiger partial charge in [-0.3, -0.25) is 9.59 Å². The van der Waals surface area contributed by atoms with Gasteiger partial charge in [-0.05, 0) is 44.0 Å². The molecule has 1 fully saturated rings. The topological polar surface area (TPSA) is 85.2 Å². The maximum Gasteiger partial charge on any atom is 0.230 e. The van der Waals surface area contributed by atoms with Gasteiger partial charge < -0.3 is 15.4 Å². The zero-order valence-electron chi connectivity index (χ0n) is 21.2. The van der Waals surface area contributed by atoms with Crippen molar-refractivity contribution in [3.05, 3.63) is 72.8 Å². The summed E-state index contributed by atoms with van der Waals surface area (Å²) in [7, 11) is 0. The number of rotatable bonds is 10. The van der Waals surface area contributed by atoms with Gasteiger partial charge in [0.05, 0.1) is 17.3 Å². The summed E-state index contributed by atoms with van der Waals surface area (Å²) in [5, 5.41) is 10.4. The molecule has 1 atom stereocenters. The summed E-state index contributed by atoms with van der Waals surface area (Å²) in [6.45, 7) is 10.4. The van der Waals surface area contributed by atoms with Crippen LogP contribution in [0.3, 0.4) is 0 Å². The van der Waals surface area contributed by atoms with Gasteiger partial charge in [0, 0.05) is 37.1 Å². The van der Waals surface area contributed by atoms with Crippen molar-refractivity contribution in [3.63, 3.8) is 0 Å². The second kappa shape index (κ2) is 10.8. The first-order chi connectivity index (χ1) is 17.3. The quantitative estimate of drug-likeness (QED) is 0.381. The lowest BCUT2D eigenvalue weighted by molar-refractivity contribution is -0.123. The lowest BCUT2D eigenvalue weighted by Gasteiger charge is -2.25. The van der Waals surface area contributed by atoms with Crippen LogP contribution in [-0.2, 0) is 16.0 Å². The Kier molecular flexibility index (Phi) is 7.58. The zero-order chi connectivity index (χ0) is 25.7. The Morgan fingerprint density at radius 3 is 2.78 bits per heavy atom. The number of aryl methyl sites for hydroxylation is 1. The molecular formula is C29H34N4O3. The van der Waals surface area contributed by atoms with E-state index in [1.54, 1.807) is 0 Å². The number of carbonyl (C=O) groups is 2. The first kappa shape index (κ1) is 25.2. The predicted molar refractivity (Wildman–Crippen MR) is 142 cm³/mol. The molecule has 0 radical (unpaired) electrons. The largest absolute Gasteiger partial charge is 0.487 e. The first-order valence-corrected chi connectivity index (χ1v) is 12.5. The van der Waals surface area contributed by atoms with Gasteiger partial charge in [0.25, 0.3) is 0 Å². The van der Waals surface area contributed by atoms with E-state index in [0.29, 0.717) is 18.8 Å². The minimum Gasteiger partial charge on any atom is -0.487 e. The summed E-state index contributed by atoms with van der Waals surface area (Å²) >= 11 is 0. The number of carbonyl (C=O) groups excluding carboxylic acids is 2. The van der Waals surface area contributed by atoms with Gasteiger partial charge in [0.2, 0.25) is 11.8 Å². The fourth-order valence-electron chi connectivity index (χ4n) is 4.43. The summed E-state index contributed by atoms with van der Waals surface area (Å²) in [4.78, 5) is 24.4. The molecule has 1 aliphatic heterocycles. The normalized spacial score (nSPS) is 15.4. The van der Waals surface area contributed by atoms with Crippen molar-refractivity contribution in [2.45, 2.75) is 52.1 Å². The van der Waals surface area contributed by atoms with Crippen LogP contribution in [0.2, 0.25) is 0 Å². The summed E-state index contributed by atoms with van der Waals surface area (Å²) in [6, 6.07) is 18.0. The van der Waals surface area contributed by atoms with E-state index in [2.05, 4.69) is 36.3 Å². The van der Waals surface area contributed by atoms with Crippen molar-refractivity contribution < 1.29 is 14.3 Å². The van der Waals surface area contributed by atoms with Crippen LogP contribution in [0.4, 0.5) is 5.82 Å². The molecule has 2 aromatic carbocycles. The molecule has 0 saturated carbocycles. The second-order valence-electron chi connectivity index (χ2n) is 9.82. The Morgan fingerprint density at radius 1 is 1.25 bits per heavy atom. The van der Waals surface area contributed by atoms with Crippen LogP contribution < -0.4 is 15.4 Å². The summed E-state index contributed by atoms with van der Waals surface area (Å²) < 4.78 is 8.05. The van der Waals surface area contributed by atoms with E-state index in [-0.39, 0.29) is 18.2 Å². The van der Waals surface area contributed by atoms with Crippen LogP contribution in [-0.4, -0.2) is 33.7 Å². The number of amides is 2. The fraction of sp³-hybridized carbons (Fsp3) is 0.345. The van der Waals surface area contributed by atoms with E-state index in [9.17, 15) is 9.59 Å². The van der Waals surface area contributed by atoms with Crippen LogP contribution in [0.25, 0.3) is 16.9 Å². The number of anilines is 1. The monoisotopic (exact) mass is 486 g/mol. The van der Waals surface area contributed by atoms with Crippen molar-refractivity contribution in [3.8, 4) is 22.7 Å². The Morgan fingerprint density at radius 2 is 2.06 bits per heavy atom. The van der Waals surface area contributed by atoms with Crippen molar-refractivity contribution in [1.29, 1.82) is 0 Å². The molecule has 2 N–H and O–H groups in total. The van der Waals surface area contributed by atoms with E-state index in [1.807, 2.05) is 67.1 Å². The van der Waals surface area contributed by atoms with Crippen molar-refractivity contribution >= 4 is 17.6 Å². The van der Waals surface area contributed by atoms with Crippen molar-refractivity contribution in [2.24, 2.45) is 5.92 Å². The number of hydrogen-bond acceptors (Lipinski definition) is 4. The van der Waals surface area contributed by atoms with Gasteiger partial charge in [0.15, 0.2) is 5.82 Å². The number of nitrogens with zero attached hydrogens (tertiary/aromatic N) is 2. The van der Waals surface area contributed by atoms with Gasteiger partial charge in [-0.25, -0.2) is 4.68 Å². The van der Waals surface area contributed by atoms with E-state index in [0.717, 1.165) is 35.5 Å². The van der Waals surface area contributed by atoms with Crippen LogP contribution in [0.15, 0.2) is 67.3 Å². The third-order valence-corrected chi connectivity index (χ3v) is 6.16. The molecule has 7 heteroatoms. The molecule has 2 amide bonds. The Bertz CT molecular complexity index is 1260. The highest BCUT2D eigenvalue weighted by molar-refractivity contribution is 5.97. The zero-order valence-corrected chi connectivity index (χ0v) is 21.2. The molecule has 188 valence electrons. The minimum absolute atomic E-state index is 0.106. The fourth-order valence-corrected chi connectivity index (χ4v) is 4.43. The van der Waals surface area contributed by atoms with E-state index >= 15 is 0 Å².